The quantitative estimate of drug-likeness (QED) is 0.628. The molecule has 4 rings (SSSR count). The maximum absolute atomic E-state index is 13.1. The molecule has 160 valence electrons. The number of methoxy groups -OCH3 is 1. The molecule has 0 atom stereocenters. The summed E-state index contributed by atoms with van der Waals surface area (Å²) in [5.41, 5.74) is 2.84. The van der Waals surface area contributed by atoms with Crippen LogP contribution >= 0.6 is 0 Å². The summed E-state index contributed by atoms with van der Waals surface area (Å²) in [5, 5.41) is 2.74. The van der Waals surface area contributed by atoms with Gasteiger partial charge in [-0.3, -0.25) is 14.5 Å². The van der Waals surface area contributed by atoms with E-state index >= 15 is 0 Å². The summed E-state index contributed by atoms with van der Waals surface area (Å²) in [6.07, 6.45) is 1.60. The van der Waals surface area contributed by atoms with E-state index in [1.54, 1.807) is 42.6 Å². The number of pyridine rings is 1. The number of amides is 2. The van der Waals surface area contributed by atoms with E-state index in [1.165, 1.54) is 12.0 Å². The largest absolute Gasteiger partial charge is 0.465 e. The normalized spacial score (nSPS) is 13.0. The van der Waals surface area contributed by atoms with Crippen molar-refractivity contribution >= 4 is 40.7 Å². The summed E-state index contributed by atoms with van der Waals surface area (Å²) in [7, 11) is 1.30. The number of hydrogen-bond donors (Lipinski definition) is 1. The fourth-order valence-corrected chi connectivity index (χ4v) is 3.34. The van der Waals surface area contributed by atoms with Crippen LogP contribution in [0.25, 0.3) is 0 Å². The standard InChI is InChI=1S/C24H20N4O4/c1-32-24(31)17-9-11-18(12-10-17)26-21(29)15-28-22(30)14-20(16-6-3-2-4-7-16)27-19-8-5-13-25-23(19)28/h2-13H,14-15H2,1H3,(H,26,29). The number of carbonyl (C=O) groups is 3. The third-order valence-electron chi connectivity index (χ3n) is 4.90. The van der Waals surface area contributed by atoms with Crippen molar-refractivity contribution < 1.29 is 19.1 Å². The number of nitrogens with one attached hydrogen (secondary N) is 1. The van der Waals surface area contributed by atoms with Gasteiger partial charge in [0.1, 0.15) is 12.2 Å². The molecule has 2 aromatic carbocycles. The Balaban J connectivity index is 1.54. The molecule has 2 heterocycles. The minimum absolute atomic E-state index is 0.0431. The van der Waals surface area contributed by atoms with Crippen molar-refractivity contribution in [2.45, 2.75) is 6.42 Å². The lowest BCUT2D eigenvalue weighted by molar-refractivity contribution is -0.120. The van der Waals surface area contributed by atoms with E-state index in [1.807, 2.05) is 30.3 Å². The summed E-state index contributed by atoms with van der Waals surface area (Å²) >= 11 is 0. The van der Waals surface area contributed by atoms with Crippen molar-refractivity contribution in [2.75, 3.05) is 23.9 Å². The van der Waals surface area contributed by atoms with Crippen molar-refractivity contribution in [3.05, 3.63) is 84.1 Å². The average molecular weight is 428 g/mol. The van der Waals surface area contributed by atoms with Gasteiger partial charge in [0.05, 0.1) is 24.8 Å². The molecule has 0 aliphatic carbocycles. The first-order valence-electron chi connectivity index (χ1n) is 9.92. The van der Waals surface area contributed by atoms with Crippen LogP contribution in [-0.2, 0) is 14.3 Å². The van der Waals surface area contributed by atoms with E-state index in [4.69, 9.17) is 0 Å². The van der Waals surface area contributed by atoms with E-state index in [0.717, 1.165) is 5.56 Å². The van der Waals surface area contributed by atoms with Crippen LogP contribution in [0, 0.1) is 0 Å². The van der Waals surface area contributed by atoms with Gasteiger partial charge in [0.25, 0.3) is 0 Å². The second-order valence-corrected chi connectivity index (χ2v) is 7.04. The van der Waals surface area contributed by atoms with Crippen LogP contribution in [0.15, 0.2) is 77.9 Å². The Morgan fingerprint density at radius 2 is 1.78 bits per heavy atom. The average Bonchev–Trinajstić information content (AvgIpc) is 2.96. The topological polar surface area (TPSA) is 101 Å². The van der Waals surface area contributed by atoms with E-state index in [-0.39, 0.29) is 18.9 Å². The highest BCUT2D eigenvalue weighted by Crippen LogP contribution is 2.30. The molecule has 0 radical (unpaired) electrons. The predicted molar refractivity (Wildman–Crippen MR) is 120 cm³/mol. The van der Waals surface area contributed by atoms with Gasteiger partial charge in [0.2, 0.25) is 11.8 Å². The molecule has 3 aromatic rings. The molecule has 8 nitrogen and oxygen atoms in total. The lowest BCUT2D eigenvalue weighted by atomic mass is 10.1. The maximum Gasteiger partial charge on any atom is 0.337 e. The molecule has 2 amide bonds. The van der Waals surface area contributed by atoms with E-state index in [9.17, 15) is 14.4 Å². The van der Waals surface area contributed by atoms with Gasteiger partial charge in [-0.25, -0.2) is 14.8 Å². The van der Waals surface area contributed by atoms with Crippen LogP contribution in [0.2, 0.25) is 0 Å². The number of aromatic nitrogens is 1. The van der Waals surface area contributed by atoms with Gasteiger partial charge in [0.15, 0.2) is 5.82 Å². The van der Waals surface area contributed by atoms with Crippen LogP contribution in [0.3, 0.4) is 0 Å². The molecule has 0 unspecified atom stereocenters. The van der Waals surface area contributed by atoms with Gasteiger partial charge in [-0.05, 0) is 42.0 Å². The number of rotatable bonds is 5. The molecule has 8 heteroatoms. The summed E-state index contributed by atoms with van der Waals surface area (Å²) in [6, 6.07) is 19.2. The highest BCUT2D eigenvalue weighted by Gasteiger charge is 2.27. The number of anilines is 2. The summed E-state index contributed by atoms with van der Waals surface area (Å²) in [5.74, 6) is -0.806. The lowest BCUT2D eigenvalue weighted by Crippen LogP contribution is -2.39. The van der Waals surface area contributed by atoms with E-state index in [2.05, 4.69) is 20.0 Å². The molecule has 0 bridgehead atoms. The molecule has 32 heavy (non-hydrogen) atoms. The van der Waals surface area contributed by atoms with E-state index < -0.39 is 11.9 Å². The Hall–Kier alpha value is -4.33. The van der Waals surface area contributed by atoms with Gasteiger partial charge in [0, 0.05) is 11.9 Å². The number of ether oxygens (including phenoxy) is 1. The molecule has 1 N–H and O–H groups in total. The van der Waals surface area contributed by atoms with Crippen molar-refractivity contribution in [1.29, 1.82) is 0 Å². The Morgan fingerprint density at radius 1 is 1.03 bits per heavy atom. The first kappa shape index (κ1) is 20.9. The molecule has 1 aromatic heterocycles. The zero-order chi connectivity index (χ0) is 22.5. The Kier molecular flexibility index (Phi) is 6.03. The molecular formula is C24H20N4O4. The zero-order valence-corrected chi connectivity index (χ0v) is 17.3. The fourth-order valence-electron chi connectivity index (χ4n) is 3.34. The highest BCUT2D eigenvalue weighted by molar-refractivity contribution is 6.18. The zero-order valence-electron chi connectivity index (χ0n) is 17.3. The number of hydrogen-bond acceptors (Lipinski definition) is 6. The monoisotopic (exact) mass is 428 g/mol. The third-order valence-corrected chi connectivity index (χ3v) is 4.90. The Labute approximate surface area is 184 Å². The molecule has 0 saturated heterocycles. The Morgan fingerprint density at radius 3 is 2.50 bits per heavy atom. The number of aliphatic imine (C=N–C) groups is 1. The number of fused-ring (bicyclic) bond motifs is 1. The number of esters is 1. The van der Waals surface area contributed by atoms with Gasteiger partial charge in [-0.15, -0.1) is 0 Å². The lowest BCUT2D eigenvalue weighted by Gasteiger charge is -2.20. The molecule has 1 aliphatic rings. The smallest absolute Gasteiger partial charge is 0.337 e. The van der Waals surface area contributed by atoms with Gasteiger partial charge < -0.3 is 10.1 Å². The van der Waals surface area contributed by atoms with Crippen molar-refractivity contribution in [2.24, 2.45) is 4.99 Å². The van der Waals surface area contributed by atoms with Gasteiger partial charge in [-0.2, -0.15) is 0 Å². The minimum Gasteiger partial charge on any atom is -0.465 e. The third kappa shape index (κ3) is 4.54. The first-order valence-corrected chi connectivity index (χ1v) is 9.92. The van der Waals surface area contributed by atoms with Gasteiger partial charge in [-0.1, -0.05) is 30.3 Å². The van der Waals surface area contributed by atoms with Crippen molar-refractivity contribution in [3.8, 4) is 0 Å². The van der Waals surface area contributed by atoms with Crippen molar-refractivity contribution in [1.82, 2.24) is 4.98 Å². The van der Waals surface area contributed by atoms with Crippen LogP contribution in [0.4, 0.5) is 17.2 Å². The molecule has 0 spiro atoms. The van der Waals surface area contributed by atoms with E-state index in [0.29, 0.717) is 28.5 Å². The fraction of sp³-hybridized carbons (Fsp3) is 0.125. The number of benzene rings is 2. The maximum atomic E-state index is 13.1. The summed E-state index contributed by atoms with van der Waals surface area (Å²) < 4.78 is 4.67. The molecule has 0 saturated carbocycles. The van der Waals surface area contributed by atoms with Crippen LogP contribution in [-0.4, -0.2) is 42.1 Å². The molecule has 0 fully saturated rings. The summed E-state index contributed by atoms with van der Waals surface area (Å²) in [4.78, 5) is 47.6. The number of carbonyl (C=O) groups excluding carboxylic acids is 3. The Bertz CT molecular complexity index is 1190. The van der Waals surface area contributed by atoms with Crippen LogP contribution in [0.5, 0.6) is 0 Å². The first-order chi connectivity index (χ1) is 15.5. The van der Waals surface area contributed by atoms with Gasteiger partial charge >= 0.3 is 5.97 Å². The predicted octanol–water partition coefficient (Wildman–Crippen LogP) is 3.36. The minimum atomic E-state index is -0.463. The second kappa shape index (κ2) is 9.22. The molecule has 1 aliphatic heterocycles. The second-order valence-electron chi connectivity index (χ2n) is 7.04. The van der Waals surface area contributed by atoms with Crippen LogP contribution < -0.4 is 10.2 Å². The van der Waals surface area contributed by atoms with Crippen molar-refractivity contribution in [3.63, 3.8) is 0 Å². The number of nitrogens with zero attached hydrogens (tertiary/aromatic N) is 3. The SMILES string of the molecule is COC(=O)c1ccc(NC(=O)CN2C(=O)CC(c3ccccc3)=Nc3cccnc32)cc1. The molecular weight excluding hydrogens is 408 g/mol. The van der Waals surface area contributed by atoms with Crippen LogP contribution in [0.1, 0.15) is 22.3 Å². The summed E-state index contributed by atoms with van der Waals surface area (Å²) in [6.45, 7) is -0.223. The highest BCUT2D eigenvalue weighted by atomic mass is 16.5.